The second kappa shape index (κ2) is 5.77. The van der Waals surface area contributed by atoms with Gasteiger partial charge in [0, 0.05) is 5.56 Å². The van der Waals surface area contributed by atoms with E-state index >= 15 is 0 Å². The van der Waals surface area contributed by atoms with Crippen LogP contribution in [0.5, 0.6) is 0 Å². The molecule has 98 valence electrons. The lowest BCUT2D eigenvalue weighted by Gasteiger charge is -1.99. The number of nitrogens with zero attached hydrogens (tertiary/aromatic N) is 2. The number of benzene rings is 1. The highest BCUT2D eigenvalue weighted by Crippen LogP contribution is 2.29. The fraction of sp³-hybridized carbons (Fsp3) is 0. The van der Waals surface area contributed by atoms with Gasteiger partial charge >= 0.3 is 0 Å². The molecule has 0 fully saturated rings. The van der Waals surface area contributed by atoms with Crippen LogP contribution in [0.15, 0.2) is 45.0 Å². The van der Waals surface area contributed by atoms with E-state index in [-0.39, 0.29) is 5.96 Å². The molecule has 0 aliphatic rings. The first kappa shape index (κ1) is 13.5. The van der Waals surface area contributed by atoms with Crippen LogP contribution in [-0.4, -0.2) is 12.2 Å². The first-order valence-electron chi connectivity index (χ1n) is 5.23. The van der Waals surface area contributed by atoms with Gasteiger partial charge in [-0.05, 0) is 30.3 Å². The molecule has 0 spiro atoms. The molecule has 0 radical (unpaired) electrons. The normalized spacial score (nSPS) is 10.8. The van der Waals surface area contributed by atoms with Gasteiger partial charge in [0.25, 0.3) is 0 Å². The van der Waals surface area contributed by atoms with Gasteiger partial charge in [-0.2, -0.15) is 5.10 Å². The highest BCUT2D eigenvalue weighted by atomic mass is 35.5. The Morgan fingerprint density at radius 3 is 2.58 bits per heavy atom. The Hall–Kier alpha value is -1.98. The standard InChI is InChI=1S/C12H10Cl2N4O/c13-9-3-1-7(5-10(9)14)11-4-2-8(19-11)6-17-18-12(15)16/h1-6H,(H4,15,16,18)/b17-6-. The molecule has 2 rings (SSSR count). The summed E-state index contributed by atoms with van der Waals surface area (Å²) >= 11 is 11.8. The maximum absolute atomic E-state index is 5.94. The van der Waals surface area contributed by atoms with E-state index in [1.54, 1.807) is 24.3 Å². The van der Waals surface area contributed by atoms with Crippen LogP contribution in [-0.2, 0) is 0 Å². The molecule has 0 bridgehead atoms. The fourth-order valence-corrected chi connectivity index (χ4v) is 1.68. The van der Waals surface area contributed by atoms with Crippen molar-refractivity contribution in [2.24, 2.45) is 21.7 Å². The summed E-state index contributed by atoms with van der Waals surface area (Å²) in [4.78, 5) is 0. The Morgan fingerprint density at radius 2 is 1.89 bits per heavy atom. The molecule has 0 amide bonds. The molecule has 4 N–H and O–H groups in total. The average molecular weight is 297 g/mol. The topological polar surface area (TPSA) is 89.9 Å². The molecule has 0 aliphatic carbocycles. The molecule has 7 heteroatoms. The van der Waals surface area contributed by atoms with Crippen molar-refractivity contribution in [3.63, 3.8) is 0 Å². The van der Waals surface area contributed by atoms with E-state index in [4.69, 9.17) is 39.1 Å². The molecular formula is C12H10Cl2N4O. The number of rotatable bonds is 3. The highest BCUT2D eigenvalue weighted by molar-refractivity contribution is 6.42. The van der Waals surface area contributed by atoms with Gasteiger partial charge in [0.1, 0.15) is 11.5 Å². The monoisotopic (exact) mass is 296 g/mol. The minimum Gasteiger partial charge on any atom is -0.455 e. The minimum absolute atomic E-state index is 0.118. The summed E-state index contributed by atoms with van der Waals surface area (Å²) in [6, 6.07) is 8.76. The molecule has 1 aromatic carbocycles. The van der Waals surface area contributed by atoms with Crippen molar-refractivity contribution in [2.75, 3.05) is 0 Å². The van der Waals surface area contributed by atoms with Crippen molar-refractivity contribution in [1.29, 1.82) is 0 Å². The number of halogens is 2. The Labute approximate surface area is 119 Å². The smallest absolute Gasteiger partial charge is 0.211 e. The van der Waals surface area contributed by atoms with Gasteiger partial charge in [0.2, 0.25) is 5.96 Å². The van der Waals surface area contributed by atoms with E-state index in [1.807, 2.05) is 6.07 Å². The summed E-state index contributed by atoms with van der Waals surface area (Å²) in [5.74, 6) is 1.04. The third kappa shape index (κ3) is 3.49. The molecule has 1 heterocycles. The lowest BCUT2D eigenvalue weighted by molar-refractivity contribution is 0.575. The molecule has 0 unspecified atom stereocenters. The van der Waals surface area contributed by atoms with Crippen molar-refractivity contribution >= 4 is 35.4 Å². The van der Waals surface area contributed by atoms with Gasteiger partial charge in [0.05, 0.1) is 16.3 Å². The number of guanidine groups is 1. The maximum Gasteiger partial charge on any atom is 0.211 e. The van der Waals surface area contributed by atoms with E-state index in [0.29, 0.717) is 21.6 Å². The van der Waals surface area contributed by atoms with Crippen molar-refractivity contribution in [3.8, 4) is 11.3 Å². The summed E-state index contributed by atoms with van der Waals surface area (Å²) in [5, 5.41) is 8.08. The van der Waals surface area contributed by atoms with Crippen LogP contribution in [0.4, 0.5) is 0 Å². The van der Waals surface area contributed by atoms with Gasteiger partial charge in [0.15, 0.2) is 0 Å². The molecule has 2 aromatic rings. The highest BCUT2D eigenvalue weighted by Gasteiger charge is 2.06. The second-order valence-corrected chi connectivity index (χ2v) is 4.41. The Bertz CT molecular complexity index is 645. The SMILES string of the molecule is NC(N)=N/N=C\c1ccc(-c2ccc(Cl)c(Cl)c2)o1. The third-order valence-corrected chi connectivity index (χ3v) is 2.93. The van der Waals surface area contributed by atoms with Crippen LogP contribution < -0.4 is 11.5 Å². The first-order valence-corrected chi connectivity index (χ1v) is 5.99. The number of hydrogen-bond acceptors (Lipinski definition) is 3. The third-order valence-electron chi connectivity index (χ3n) is 2.19. The lowest BCUT2D eigenvalue weighted by Crippen LogP contribution is -2.21. The summed E-state index contributed by atoms with van der Waals surface area (Å²) in [7, 11) is 0. The minimum atomic E-state index is -0.118. The zero-order valence-corrected chi connectivity index (χ0v) is 11.2. The van der Waals surface area contributed by atoms with Gasteiger partial charge in [-0.15, -0.1) is 5.10 Å². The summed E-state index contributed by atoms with van der Waals surface area (Å²) < 4.78 is 5.54. The predicted octanol–water partition coefficient (Wildman–Crippen LogP) is 2.86. The molecule has 0 saturated heterocycles. The van der Waals surface area contributed by atoms with Gasteiger partial charge in [-0.25, -0.2) is 0 Å². The molecule has 0 saturated carbocycles. The van der Waals surface area contributed by atoms with Crippen LogP contribution >= 0.6 is 23.2 Å². The first-order chi connectivity index (χ1) is 9.06. The van der Waals surface area contributed by atoms with Crippen LogP contribution in [0.1, 0.15) is 5.76 Å². The predicted molar refractivity (Wildman–Crippen MR) is 77.6 cm³/mol. The zero-order valence-electron chi connectivity index (χ0n) is 9.68. The van der Waals surface area contributed by atoms with Crippen LogP contribution in [0.25, 0.3) is 11.3 Å². The number of furan rings is 1. The van der Waals surface area contributed by atoms with Gasteiger partial charge < -0.3 is 15.9 Å². The quantitative estimate of drug-likeness (QED) is 0.518. The average Bonchev–Trinajstić information content (AvgIpc) is 2.81. The second-order valence-electron chi connectivity index (χ2n) is 3.60. The lowest BCUT2D eigenvalue weighted by atomic mass is 10.2. The zero-order chi connectivity index (χ0) is 13.8. The Morgan fingerprint density at radius 1 is 1.11 bits per heavy atom. The molecule has 1 aromatic heterocycles. The fourth-order valence-electron chi connectivity index (χ4n) is 1.38. The van der Waals surface area contributed by atoms with Crippen LogP contribution in [0.2, 0.25) is 10.0 Å². The van der Waals surface area contributed by atoms with E-state index in [1.165, 1.54) is 6.21 Å². The van der Waals surface area contributed by atoms with E-state index < -0.39 is 0 Å². The van der Waals surface area contributed by atoms with E-state index in [2.05, 4.69) is 10.2 Å². The number of nitrogens with two attached hydrogens (primary N) is 2. The summed E-state index contributed by atoms with van der Waals surface area (Å²) in [6.45, 7) is 0. The Balaban J connectivity index is 2.23. The Kier molecular flexibility index (Phi) is 4.09. The maximum atomic E-state index is 5.94. The summed E-state index contributed by atoms with van der Waals surface area (Å²) in [5.41, 5.74) is 11.1. The van der Waals surface area contributed by atoms with Crippen LogP contribution in [0.3, 0.4) is 0 Å². The van der Waals surface area contributed by atoms with Crippen molar-refractivity contribution in [1.82, 2.24) is 0 Å². The largest absolute Gasteiger partial charge is 0.455 e. The van der Waals surface area contributed by atoms with Crippen molar-refractivity contribution in [3.05, 3.63) is 46.1 Å². The van der Waals surface area contributed by atoms with Gasteiger partial charge in [-0.3, -0.25) is 0 Å². The summed E-state index contributed by atoms with van der Waals surface area (Å²) in [6.07, 6.45) is 1.40. The molecule has 0 atom stereocenters. The molecular weight excluding hydrogens is 287 g/mol. The van der Waals surface area contributed by atoms with Gasteiger partial charge in [-0.1, -0.05) is 23.2 Å². The van der Waals surface area contributed by atoms with Crippen molar-refractivity contribution < 1.29 is 4.42 Å². The van der Waals surface area contributed by atoms with E-state index in [0.717, 1.165) is 5.56 Å². The molecule has 5 nitrogen and oxygen atoms in total. The van der Waals surface area contributed by atoms with Crippen LogP contribution in [0, 0.1) is 0 Å². The van der Waals surface area contributed by atoms with E-state index in [9.17, 15) is 0 Å². The molecule has 19 heavy (non-hydrogen) atoms. The number of hydrogen-bond donors (Lipinski definition) is 2. The molecule has 0 aliphatic heterocycles. The van der Waals surface area contributed by atoms with Crippen molar-refractivity contribution in [2.45, 2.75) is 0 Å².